The predicted octanol–water partition coefficient (Wildman–Crippen LogP) is 2.23. The fourth-order valence-corrected chi connectivity index (χ4v) is 3.87. The van der Waals surface area contributed by atoms with Gasteiger partial charge in [0.25, 0.3) is 0 Å². The zero-order chi connectivity index (χ0) is 19.4. The molecule has 1 heterocycles. The van der Waals surface area contributed by atoms with E-state index in [-0.39, 0.29) is 0 Å². The first-order valence-corrected chi connectivity index (χ1v) is 9.51. The SMILES string of the molecule is COc1ccc(C[NH+]2CCN(c3cc(C)ccc3C)CC2)c(OC)c1OC. The maximum absolute atomic E-state index is 5.64. The van der Waals surface area contributed by atoms with Crippen molar-refractivity contribution < 1.29 is 19.1 Å². The van der Waals surface area contributed by atoms with Crippen LogP contribution in [0.1, 0.15) is 16.7 Å². The Kier molecular flexibility index (Phi) is 6.11. The van der Waals surface area contributed by atoms with Gasteiger partial charge in [-0.2, -0.15) is 0 Å². The van der Waals surface area contributed by atoms with Crippen molar-refractivity contribution >= 4 is 5.69 Å². The van der Waals surface area contributed by atoms with Gasteiger partial charge in [0, 0.05) is 5.69 Å². The third-order valence-corrected chi connectivity index (χ3v) is 5.40. The number of ether oxygens (including phenoxy) is 3. The van der Waals surface area contributed by atoms with E-state index in [0.717, 1.165) is 44.0 Å². The van der Waals surface area contributed by atoms with Crippen LogP contribution in [0.4, 0.5) is 5.69 Å². The molecule has 1 aliphatic heterocycles. The minimum atomic E-state index is 0.672. The van der Waals surface area contributed by atoms with Gasteiger partial charge in [0.15, 0.2) is 11.5 Å². The van der Waals surface area contributed by atoms with E-state index >= 15 is 0 Å². The lowest BCUT2D eigenvalue weighted by atomic mass is 10.1. The van der Waals surface area contributed by atoms with Crippen molar-refractivity contribution in [1.82, 2.24) is 0 Å². The van der Waals surface area contributed by atoms with Gasteiger partial charge in [0.05, 0.1) is 53.1 Å². The van der Waals surface area contributed by atoms with Crippen LogP contribution in [0.3, 0.4) is 0 Å². The summed E-state index contributed by atoms with van der Waals surface area (Å²) in [5.74, 6) is 2.15. The molecule has 1 fully saturated rings. The molecule has 27 heavy (non-hydrogen) atoms. The van der Waals surface area contributed by atoms with Crippen LogP contribution in [0.15, 0.2) is 30.3 Å². The minimum absolute atomic E-state index is 0.672. The molecule has 3 rings (SSSR count). The number of nitrogens with one attached hydrogen (secondary N) is 1. The van der Waals surface area contributed by atoms with Crippen molar-refractivity contribution in [3.8, 4) is 17.2 Å². The molecule has 0 radical (unpaired) electrons. The minimum Gasteiger partial charge on any atom is -0.493 e. The van der Waals surface area contributed by atoms with Crippen LogP contribution in [0.2, 0.25) is 0 Å². The Hall–Kier alpha value is -2.40. The molecule has 146 valence electrons. The molecule has 0 unspecified atom stereocenters. The van der Waals surface area contributed by atoms with Gasteiger partial charge < -0.3 is 24.0 Å². The highest BCUT2D eigenvalue weighted by Gasteiger charge is 2.24. The van der Waals surface area contributed by atoms with Crippen LogP contribution in [-0.4, -0.2) is 47.5 Å². The maximum atomic E-state index is 5.64. The van der Waals surface area contributed by atoms with E-state index in [9.17, 15) is 0 Å². The molecule has 0 saturated carbocycles. The Labute approximate surface area is 162 Å². The monoisotopic (exact) mass is 371 g/mol. The summed E-state index contributed by atoms with van der Waals surface area (Å²) < 4.78 is 16.6. The molecule has 1 N–H and O–H groups in total. The van der Waals surface area contributed by atoms with Gasteiger partial charge in [-0.15, -0.1) is 0 Å². The Morgan fingerprint density at radius 1 is 0.889 bits per heavy atom. The molecule has 0 bridgehead atoms. The molecule has 0 amide bonds. The lowest BCUT2D eigenvalue weighted by Gasteiger charge is -2.35. The number of hydrogen-bond acceptors (Lipinski definition) is 4. The normalized spacial score (nSPS) is 14.9. The van der Waals surface area contributed by atoms with Crippen LogP contribution in [0.25, 0.3) is 0 Å². The van der Waals surface area contributed by atoms with E-state index in [1.54, 1.807) is 26.2 Å². The summed E-state index contributed by atoms with van der Waals surface area (Å²) in [5.41, 5.74) is 5.20. The number of hydrogen-bond donors (Lipinski definition) is 1. The smallest absolute Gasteiger partial charge is 0.203 e. The predicted molar refractivity (Wildman–Crippen MR) is 109 cm³/mol. The summed E-state index contributed by atoms with van der Waals surface area (Å²) in [5, 5.41) is 0. The van der Waals surface area contributed by atoms with E-state index in [2.05, 4.69) is 43.0 Å². The first kappa shape index (κ1) is 19.4. The summed E-state index contributed by atoms with van der Waals surface area (Å²) in [6, 6.07) is 10.8. The number of benzene rings is 2. The van der Waals surface area contributed by atoms with E-state index in [4.69, 9.17) is 14.2 Å². The average Bonchev–Trinajstić information content (AvgIpc) is 2.70. The quantitative estimate of drug-likeness (QED) is 0.845. The van der Waals surface area contributed by atoms with Gasteiger partial charge >= 0.3 is 0 Å². The molecule has 1 aliphatic rings. The molecule has 5 nitrogen and oxygen atoms in total. The van der Waals surface area contributed by atoms with Crippen molar-refractivity contribution in [2.75, 3.05) is 52.4 Å². The zero-order valence-electron chi connectivity index (χ0n) is 17.1. The van der Waals surface area contributed by atoms with Crippen LogP contribution in [-0.2, 0) is 6.54 Å². The van der Waals surface area contributed by atoms with Crippen molar-refractivity contribution in [3.63, 3.8) is 0 Å². The Morgan fingerprint density at radius 2 is 1.59 bits per heavy atom. The van der Waals surface area contributed by atoms with E-state index in [1.165, 1.54) is 16.8 Å². The first-order valence-electron chi connectivity index (χ1n) is 9.51. The Morgan fingerprint density at radius 3 is 2.22 bits per heavy atom. The van der Waals surface area contributed by atoms with Gasteiger partial charge in [0.1, 0.15) is 6.54 Å². The number of rotatable bonds is 6. The van der Waals surface area contributed by atoms with Crippen LogP contribution in [0, 0.1) is 13.8 Å². The van der Waals surface area contributed by atoms with Gasteiger partial charge in [-0.05, 0) is 43.2 Å². The largest absolute Gasteiger partial charge is 0.493 e. The maximum Gasteiger partial charge on any atom is 0.203 e. The van der Waals surface area contributed by atoms with Gasteiger partial charge in [-0.3, -0.25) is 0 Å². The fraction of sp³-hybridized carbons (Fsp3) is 0.455. The second-order valence-corrected chi connectivity index (χ2v) is 7.20. The summed E-state index contributed by atoms with van der Waals surface area (Å²) in [6.07, 6.45) is 0. The summed E-state index contributed by atoms with van der Waals surface area (Å²) in [6.45, 7) is 9.61. The van der Waals surface area contributed by atoms with E-state index in [0.29, 0.717) is 11.5 Å². The van der Waals surface area contributed by atoms with Crippen molar-refractivity contribution in [1.29, 1.82) is 0 Å². The van der Waals surface area contributed by atoms with Crippen LogP contribution >= 0.6 is 0 Å². The summed E-state index contributed by atoms with van der Waals surface area (Å²) in [7, 11) is 4.99. The molecule has 2 aromatic rings. The second-order valence-electron chi connectivity index (χ2n) is 7.20. The van der Waals surface area contributed by atoms with Gasteiger partial charge in [-0.25, -0.2) is 0 Å². The topological polar surface area (TPSA) is 35.4 Å². The second kappa shape index (κ2) is 8.53. The standard InChI is InChI=1S/C22H30N2O3/c1-16-6-7-17(2)19(14-16)24-12-10-23(11-13-24)15-18-8-9-20(25-3)22(27-5)21(18)26-4/h6-9,14H,10-13,15H2,1-5H3/p+1. The van der Waals surface area contributed by atoms with Crippen molar-refractivity contribution in [3.05, 3.63) is 47.0 Å². The number of methoxy groups -OCH3 is 3. The van der Waals surface area contributed by atoms with Crippen molar-refractivity contribution in [2.45, 2.75) is 20.4 Å². The van der Waals surface area contributed by atoms with Crippen LogP contribution in [0.5, 0.6) is 17.2 Å². The van der Waals surface area contributed by atoms with Crippen molar-refractivity contribution in [2.24, 2.45) is 0 Å². The molecule has 1 saturated heterocycles. The highest BCUT2D eigenvalue weighted by molar-refractivity contribution is 5.56. The first-order chi connectivity index (χ1) is 13.1. The molecular formula is C22H31N2O3+. The molecule has 0 aliphatic carbocycles. The zero-order valence-corrected chi connectivity index (χ0v) is 17.1. The third-order valence-electron chi connectivity index (χ3n) is 5.40. The number of quaternary nitrogens is 1. The van der Waals surface area contributed by atoms with E-state index < -0.39 is 0 Å². The fourth-order valence-electron chi connectivity index (χ4n) is 3.87. The highest BCUT2D eigenvalue weighted by atomic mass is 16.5. The lowest BCUT2D eigenvalue weighted by molar-refractivity contribution is -0.914. The summed E-state index contributed by atoms with van der Waals surface area (Å²) in [4.78, 5) is 4.07. The lowest BCUT2D eigenvalue weighted by Crippen LogP contribution is -3.13. The number of piperazine rings is 1. The van der Waals surface area contributed by atoms with Gasteiger partial charge in [0.2, 0.25) is 5.75 Å². The molecule has 0 atom stereocenters. The van der Waals surface area contributed by atoms with Crippen LogP contribution < -0.4 is 24.0 Å². The molecule has 5 heteroatoms. The Balaban J connectivity index is 1.70. The number of aryl methyl sites for hydroxylation is 2. The summed E-state index contributed by atoms with van der Waals surface area (Å²) >= 11 is 0. The molecule has 0 aromatic heterocycles. The highest BCUT2D eigenvalue weighted by Crippen LogP contribution is 2.39. The number of nitrogens with zero attached hydrogens (tertiary/aromatic N) is 1. The molecule has 2 aromatic carbocycles. The average molecular weight is 372 g/mol. The molecule has 0 spiro atoms. The van der Waals surface area contributed by atoms with Gasteiger partial charge in [-0.1, -0.05) is 12.1 Å². The molecular weight excluding hydrogens is 340 g/mol. The van der Waals surface area contributed by atoms with E-state index in [1.807, 2.05) is 6.07 Å². The third kappa shape index (κ3) is 4.14. The number of anilines is 1. The Bertz CT molecular complexity index is 783.